The van der Waals surface area contributed by atoms with Crippen LogP contribution in [0.2, 0.25) is 0 Å². The fourth-order valence-corrected chi connectivity index (χ4v) is 2.19. The zero-order valence-corrected chi connectivity index (χ0v) is 16.4. The van der Waals surface area contributed by atoms with Crippen molar-refractivity contribution < 1.29 is 19.8 Å². The Morgan fingerprint density at radius 2 is 1.65 bits per heavy atom. The van der Waals surface area contributed by atoms with Gasteiger partial charge in [-0.25, -0.2) is 0 Å². The van der Waals surface area contributed by atoms with Crippen molar-refractivity contribution in [3.05, 3.63) is 23.8 Å². The molecule has 0 aliphatic heterocycles. The summed E-state index contributed by atoms with van der Waals surface area (Å²) in [5, 5.41) is 17.7. The fraction of sp³-hybridized carbons (Fsp3) is 0.545. The summed E-state index contributed by atoms with van der Waals surface area (Å²) in [5.74, 6) is 2.19. The first-order chi connectivity index (χ1) is 12.3. The van der Waals surface area contributed by atoms with Crippen molar-refractivity contribution in [1.29, 1.82) is 0 Å². The molecule has 0 rings (SSSR count). The van der Waals surface area contributed by atoms with Crippen LogP contribution in [0, 0.1) is 42.4 Å². The van der Waals surface area contributed by atoms with Crippen molar-refractivity contribution in [2.45, 2.75) is 59.8 Å². The number of allylic oxidation sites excluding steroid dienone is 3. The molecule has 0 aliphatic carbocycles. The molecule has 0 radical (unpaired) electrons. The average Bonchev–Trinajstić information content (AvgIpc) is 2.60. The van der Waals surface area contributed by atoms with Gasteiger partial charge < -0.3 is 10.2 Å². The highest BCUT2D eigenvalue weighted by molar-refractivity contribution is 5.73. The maximum Gasteiger partial charge on any atom is 0.311 e. The van der Waals surface area contributed by atoms with Gasteiger partial charge in [0.15, 0.2) is 0 Å². The predicted molar refractivity (Wildman–Crippen MR) is 106 cm³/mol. The molecule has 0 bridgehead atoms. The average molecular weight is 360 g/mol. The van der Waals surface area contributed by atoms with Crippen molar-refractivity contribution in [3.63, 3.8) is 0 Å². The van der Waals surface area contributed by atoms with Crippen molar-refractivity contribution in [2.75, 3.05) is 0 Å². The lowest BCUT2D eigenvalue weighted by Crippen LogP contribution is -2.19. The van der Waals surface area contributed by atoms with Gasteiger partial charge in [0.2, 0.25) is 0 Å². The molecule has 0 spiro atoms. The highest BCUT2D eigenvalue weighted by Gasteiger charge is 2.21. The zero-order chi connectivity index (χ0) is 20.5. The van der Waals surface area contributed by atoms with E-state index >= 15 is 0 Å². The molecule has 0 saturated carbocycles. The van der Waals surface area contributed by atoms with Gasteiger partial charge in [0, 0.05) is 12.8 Å². The van der Waals surface area contributed by atoms with Crippen molar-refractivity contribution in [2.24, 2.45) is 17.8 Å². The number of hydrogen-bond acceptors (Lipinski definition) is 2. The number of carboxylic acid groups (broad SMARTS) is 2. The molecule has 4 nitrogen and oxygen atoms in total. The van der Waals surface area contributed by atoms with Crippen LogP contribution >= 0.6 is 0 Å². The van der Waals surface area contributed by atoms with E-state index in [2.05, 4.69) is 18.8 Å². The molecule has 0 saturated heterocycles. The quantitative estimate of drug-likeness (QED) is 0.435. The zero-order valence-electron chi connectivity index (χ0n) is 16.4. The topological polar surface area (TPSA) is 74.6 Å². The molecule has 2 N–H and O–H groups in total. The Labute approximate surface area is 158 Å². The lowest BCUT2D eigenvalue weighted by Gasteiger charge is -2.13. The maximum absolute atomic E-state index is 10.8. The molecule has 0 aliphatic rings. The second-order valence-electron chi connectivity index (χ2n) is 6.08. The van der Waals surface area contributed by atoms with Gasteiger partial charge >= 0.3 is 11.9 Å². The van der Waals surface area contributed by atoms with Crippen molar-refractivity contribution >= 4 is 11.9 Å². The van der Waals surface area contributed by atoms with Gasteiger partial charge in [0.1, 0.15) is 0 Å². The van der Waals surface area contributed by atoms with Crippen molar-refractivity contribution in [1.82, 2.24) is 0 Å². The monoisotopic (exact) mass is 360 g/mol. The summed E-state index contributed by atoms with van der Waals surface area (Å²) in [5.41, 5.74) is 0.868. The molecule has 0 aromatic heterocycles. The minimum absolute atomic E-state index is 0.00787. The molecule has 3 atom stereocenters. The molecule has 0 heterocycles. The van der Waals surface area contributed by atoms with E-state index in [1.165, 1.54) is 0 Å². The van der Waals surface area contributed by atoms with Crippen molar-refractivity contribution in [3.8, 4) is 24.7 Å². The summed E-state index contributed by atoms with van der Waals surface area (Å²) >= 11 is 0. The SMILES string of the molecule is C#CCC(C(=O)O)C(C)=CCCC.C#CCC(C(=O)O)C(C)C=CCC. The van der Waals surface area contributed by atoms with Crippen LogP contribution in [-0.4, -0.2) is 22.2 Å². The van der Waals surface area contributed by atoms with E-state index < -0.39 is 23.8 Å². The van der Waals surface area contributed by atoms with Crippen LogP contribution in [0.4, 0.5) is 0 Å². The normalized spacial score (nSPS) is 14.3. The molecule has 4 heteroatoms. The van der Waals surface area contributed by atoms with Crippen LogP contribution in [0.15, 0.2) is 23.8 Å². The molecule has 3 unspecified atom stereocenters. The highest BCUT2D eigenvalue weighted by Crippen LogP contribution is 2.17. The number of terminal acetylenes is 2. The van der Waals surface area contributed by atoms with Gasteiger partial charge in [-0.2, -0.15) is 0 Å². The van der Waals surface area contributed by atoms with E-state index in [1.54, 1.807) is 0 Å². The number of rotatable bonds is 10. The molecule has 0 aromatic carbocycles. The third-order valence-corrected chi connectivity index (χ3v) is 3.89. The third-order valence-electron chi connectivity index (χ3n) is 3.89. The first-order valence-electron chi connectivity index (χ1n) is 8.92. The van der Waals surface area contributed by atoms with Crippen LogP contribution < -0.4 is 0 Å². The minimum Gasteiger partial charge on any atom is -0.481 e. The Hall–Kier alpha value is -2.46. The van der Waals surface area contributed by atoms with Gasteiger partial charge in [-0.15, -0.1) is 24.7 Å². The van der Waals surface area contributed by atoms with Crippen LogP contribution in [0.1, 0.15) is 59.8 Å². The molecule has 144 valence electrons. The molecule has 0 fully saturated rings. The summed E-state index contributed by atoms with van der Waals surface area (Å²) in [6.07, 6.45) is 19.5. The molecular weight excluding hydrogens is 328 g/mol. The number of carbonyl (C=O) groups is 2. The first kappa shape index (κ1) is 25.8. The third kappa shape index (κ3) is 12.0. The molecule has 0 aromatic rings. The Kier molecular flexibility index (Phi) is 15.9. The second-order valence-corrected chi connectivity index (χ2v) is 6.08. The van der Waals surface area contributed by atoms with E-state index in [0.29, 0.717) is 6.42 Å². The van der Waals surface area contributed by atoms with Crippen LogP contribution in [0.25, 0.3) is 0 Å². The lowest BCUT2D eigenvalue weighted by molar-refractivity contribution is -0.143. The highest BCUT2D eigenvalue weighted by atomic mass is 16.4. The Morgan fingerprint density at radius 3 is 2.04 bits per heavy atom. The summed E-state index contributed by atoms with van der Waals surface area (Å²) in [4.78, 5) is 21.5. The van der Waals surface area contributed by atoms with Gasteiger partial charge in [0.05, 0.1) is 11.8 Å². The van der Waals surface area contributed by atoms with E-state index in [-0.39, 0.29) is 12.3 Å². The number of hydrogen-bond donors (Lipinski definition) is 2. The maximum atomic E-state index is 10.8. The molecule has 26 heavy (non-hydrogen) atoms. The van der Waals surface area contributed by atoms with Crippen LogP contribution in [0.5, 0.6) is 0 Å². The molecular formula is C22H32O4. The van der Waals surface area contributed by atoms with E-state index in [0.717, 1.165) is 24.8 Å². The number of unbranched alkanes of at least 4 members (excludes halogenated alkanes) is 1. The Morgan fingerprint density at radius 1 is 1.08 bits per heavy atom. The van der Waals surface area contributed by atoms with E-state index in [9.17, 15) is 9.59 Å². The smallest absolute Gasteiger partial charge is 0.311 e. The van der Waals surface area contributed by atoms with Crippen LogP contribution in [-0.2, 0) is 9.59 Å². The minimum atomic E-state index is -0.831. The number of carboxylic acids is 2. The predicted octanol–water partition coefficient (Wildman–Crippen LogP) is 4.77. The second kappa shape index (κ2) is 16.0. The summed E-state index contributed by atoms with van der Waals surface area (Å²) in [7, 11) is 0. The Bertz CT molecular complexity index is 558. The van der Waals surface area contributed by atoms with Gasteiger partial charge in [-0.05, 0) is 25.7 Å². The fourth-order valence-electron chi connectivity index (χ4n) is 2.19. The van der Waals surface area contributed by atoms with E-state index in [4.69, 9.17) is 23.1 Å². The number of aliphatic carboxylic acids is 2. The van der Waals surface area contributed by atoms with Gasteiger partial charge in [-0.3, -0.25) is 9.59 Å². The van der Waals surface area contributed by atoms with Crippen LogP contribution in [0.3, 0.4) is 0 Å². The Balaban J connectivity index is 0. The summed E-state index contributed by atoms with van der Waals surface area (Å²) < 4.78 is 0. The van der Waals surface area contributed by atoms with Gasteiger partial charge in [-0.1, -0.05) is 51.0 Å². The van der Waals surface area contributed by atoms with Gasteiger partial charge in [0.25, 0.3) is 0 Å². The molecule has 0 amide bonds. The largest absolute Gasteiger partial charge is 0.481 e. The lowest BCUT2D eigenvalue weighted by atomic mass is 9.91. The summed E-state index contributed by atoms with van der Waals surface area (Å²) in [6, 6.07) is 0. The summed E-state index contributed by atoms with van der Waals surface area (Å²) in [6.45, 7) is 7.77. The first-order valence-corrected chi connectivity index (χ1v) is 8.92. The van der Waals surface area contributed by atoms with E-state index in [1.807, 2.05) is 39.0 Å². The standard InChI is InChI=1S/2C11H16O2/c2*1-4-6-8-9(3)10(7-5-2)11(12)13/h2,8,10H,4,6-7H2,1,3H3,(H,12,13);2,6,8-10H,4,7H2,1,3H3,(H,12,13).